The van der Waals surface area contributed by atoms with Crippen LogP contribution in [-0.4, -0.2) is 70.1 Å². The Bertz CT molecular complexity index is 910. The second-order valence-corrected chi connectivity index (χ2v) is 7.22. The number of aliphatic hydroxyl groups excluding tert-OH is 4. The number of aromatic nitrogens is 1. The Labute approximate surface area is 169 Å². The first-order chi connectivity index (χ1) is 14.1. The zero-order valence-corrected chi connectivity index (χ0v) is 16.5. The maximum Gasteiger partial charge on any atom is 0.118 e. The Morgan fingerprint density at radius 3 is 2.28 bits per heavy atom. The van der Waals surface area contributed by atoms with Crippen molar-refractivity contribution in [2.75, 3.05) is 33.5 Å². The molecule has 1 aromatic heterocycles. The van der Waals surface area contributed by atoms with Crippen molar-refractivity contribution in [2.45, 2.75) is 18.2 Å². The summed E-state index contributed by atoms with van der Waals surface area (Å²) in [5.74, 6) is 0.772. The molecule has 0 aliphatic heterocycles. The number of hydrogen-bond acceptors (Lipinski definition) is 6. The summed E-state index contributed by atoms with van der Waals surface area (Å²) in [7, 11) is 1.63. The lowest BCUT2D eigenvalue weighted by Crippen LogP contribution is -2.56. The van der Waals surface area contributed by atoms with E-state index in [9.17, 15) is 20.4 Å². The van der Waals surface area contributed by atoms with Gasteiger partial charge in [0, 0.05) is 23.1 Å². The fraction of sp³-hybridized carbons (Fsp3) is 0.364. The van der Waals surface area contributed by atoms with Crippen LogP contribution in [0.15, 0.2) is 54.6 Å². The topological polar surface area (TPSA) is 107 Å². The monoisotopic (exact) mass is 400 g/mol. The van der Waals surface area contributed by atoms with Gasteiger partial charge in [-0.1, -0.05) is 18.2 Å². The molecule has 0 bridgehead atoms. The van der Waals surface area contributed by atoms with E-state index in [2.05, 4.69) is 11.4 Å². The lowest BCUT2D eigenvalue weighted by atomic mass is 10.0. The highest BCUT2D eigenvalue weighted by Gasteiger charge is 2.28. The van der Waals surface area contributed by atoms with Crippen LogP contribution in [0, 0.1) is 0 Å². The van der Waals surface area contributed by atoms with E-state index in [1.54, 1.807) is 7.11 Å². The second kappa shape index (κ2) is 9.39. The van der Waals surface area contributed by atoms with Crippen LogP contribution in [0.4, 0.5) is 0 Å². The largest absolute Gasteiger partial charge is 0.497 e. The van der Waals surface area contributed by atoms with Gasteiger partial charge in [-0.15, -0.1) is 0 Å². The predicted molar refractivity (Wildman–Crippen MR) is 112 cm³/mol. The molecule has 0 amide bonds. The van der Waals surface area contributed by atoms with Gasteiger partial charge in [0.15, 0.2) is 0 Å². The van der Waals surface area contributed by atoms with Crippen molar-refractivity contribution < 1.29 is 25.2 Å². The molecule has 7 heteroatoms. The molecule has 1 atom stereocenters. The van der Waals surface area contributed by atoms with Gasteiger partial charge in [-0.05, 0) is 42.0 Å². The highest BCUT2D eigenvalue weighted by Crippen LogP contribution is 2.29. The van der Waals surface area contributed by atoms with Crippen LogP contribution in [0.5, 0.6) is 5.75 Å². The molecule has 29 heavy (non-hydrogen) atoms. The van der Waals surface area contributed by atoms with Gasteiger partial charge in [-0.2, -0.15) is 0 Å². The Morgan fingerprint density at radius 2 is 1.66 bits per heavy atom. The summed E-state index contributed by atoms with van der Waals surface area (Å²) in [5, 5.41) is 42.9. The Hall–Kier alpha value is -2.42. The number of ether oxygens (including phenoxy) is 1. The lowest BCUT2D eigenvalue weighted by Gasteiger charge is -2.30. The minimum Gasteiger partial charge on any atom is -0.497 e. The molecule has 0 aliphatic carbocycles. The third-order valence-corrected chi connectivity index (χ3v) is 5.21. The van der Waals surface area contributed by atoms with Crippen molar-refractivity contribution in [1.82, 2.24) is 9.88 Å². The van der Waals surface area contributed by atoms with Crippen molar-refractivity contribution in [3.8, 4) is 17.0 Å². The molecule has 0 saturated heterocycles. The molecule has 3 rings (SSSR count). The predicted octanol–water partition coefficient (Wildman–Crippen LogP) is 0.983. The Balaban J connectivity index is 1.87. The smallest absolute Gasteiger partial charge is 0.118 e. The normalized spacial score (nSPS) is 13.0. The first-order valence-electron chi connectivity index (χ1n) is 9.54. The molecule has 7 nitrogen and oxygen atoms in total. The van der Waals surface area contributed by atoms with Crippen molar-refractivity contribution in [3.05, 3.63) is 54.6 Å². The molecule has 0 unspecified atom stereocenters. The second-order valence-electron chi connectivity index (χ2n) is 7.22. The minimum absolute atomic E-state index is 0.107. The average Bonchev–Trinajstić information content (AvgIpc) is 3.13. The van der Waals surface area contributed by atoms with E-state index in [-0.39, 0.29) is 6.54 Å². The third-order valence-electron chi connectivity index (χ3n) is 5.21. The van der Waals surface area contributed by atoms with Gasteiger partial charge < -0.3 is 35.0 Å². The fourth-order valence-electron chi connectivity index (χ4n) is 3.34. The quantitative estimate of drug-likeness (QED) is 0.347. The number of nitrogens with one attached hydrogen (secondary N) is 1. The average molecular weight is 400 g/mol. The zero-order chi connectivity index (χ0) is 20.9. The highest BCUT2D eigenvalue weighted by molar-refractivity contribution is 5.87. The summed E-state index contributed by atoms with van der Waals surface area (Å²) in [4.78, 5) is 0. The number of hydrogen-bond donors (Lipinski definition) is 5. The zero-order valence-electron chi connectivity index (χ0n) is 16.5. The van der Waals surface area contributed by atoms with Gasteiger partial charge in [-0.25, -0.2) is 0 Å². The van der Waals surface area contributed by atoms with Crippen molar-refractivity contribution in [3.63, 3.8) is 0 Å². The first-order valence-corrected chi connectivity index (χ1v) is 9.54. The number of nitrogens with zero attached hydrogens (tertiary/aromatic N) is 1. The van der Waals surface area contributed by atoms with Crippen molar-refractivity contribution in [2.24, 2.45) is 0 Å². The third kappa shape index (κ3) is 4.60. The number of benzene rings is 2. The number of methoxy groups -OCH3 is 1. The number of para-hydroxylation sites is 1. The van der Waals surface area contributed by atoms with E-state index in [0.717, 1.165) is 27.9 Å². The molecule has 2 aromatic carbocycles. The summed E-state index contributed by atoms with van der Waals surface area (Å²) in [6, 6.07) is 17.8. The number of aliphatic hydroxyl groups is 4. The van der Waals surface area contributed by atoms with Crippen LogP contribution in [0.1, 0.15) is 0 Å². The number of β-amino-alcohol motifs (C(OH)–C–C–N with tert-alkyl or cyclic N) is 1. The van der Waals surface area contributed by atoms with E-state index in [1.807, 2.05) is 53.1 Å². The maximum absolute atomic E-state index is 10.6. The van der Waals surface area contributed by atoms with E-state index in [4.69, 9.17) is 4.74 Å². The molecule has 156 valence electrons. The van der Waals surface area contributed by atoms with E-state index in [1.165, 1.54) is 0 Å². The van der Waals surface area contributed by atoms with Crippen molar-refractivity contribution in [1.29, 1.82) is 0 Å². The minimum atomic E-state index is -1.22. The van der Waals surface area contributed by atoms with Gasteiger partial charge in [-0.3, -0.25) is 0 Å². The molecule has 0 spiro atoms. The highest BCUT2D eigenvalue weighted by atomic mass is 16.5. The van der Waals surface area contributed by atoms with Crippen LogP contribution < -0.4 is 10.1 Å². The SMILES string of the molecule is COc1ccc(-c2cc3ccccc3n2C[C@@H](O)CNC(CO)(CO)CO)cc1. The molecule has 0 aliphatic rings. The van der Waals surface area contributed by atoms with Crippen LogP contribution in [0.3, 0.4) is 0 Å². The molecule has 0 radical (unpaired) electrons. The van der Waals surface area contributed by atoms with Crippen LogP contribution >= 0.6 is 0 Å². The summed E-state index contributed by atoms with van der Waals surface area (Å²) < 4.78 is 7.28. The van der Waals surface area contributed by atoms with E-state index >= 15 is 0 Å². The standard InChI is InChI=1S/C22H28N2O5/c1-29-19-8-6-16(7-9-19)21-10-17-4-2-3-5-20(17)24(21)12-18(28)11-23-22(13-25,14-26)15-27/h2-10,18,23,25-28H,11-15H2,1H3/t18-/m0/s1. The molecule has 0 fully saturated rings. The molecule has 5 N–H and O–H groups in total. The van der Waals surface area contributed by atoms with Gasteiger partial charge in [0.1, 0.15) is 5.75 Å². The number of rotatable bonds is 10. The van der Waals surface area contributed by atoms with Crippen LogP contribution in [0.25, 0.3) is 22.2 Å². The molecule has 0 saturated carbocycles. The van der Waals surface area contributed by atoms with E-state index < -0.39 is 31.5 Å². The van der Waals surface area contributed by atoms with Crippen molar-refractivity contribution >= 4 is 10.9 Å². The molecular weight excluding hydrogens is 372 g/mol. The van der Waals surface area contributed by atoms with Gasteiger partial charge in [0.05, 0.1) is 45.1 Å². The summed E-state index contributed by atoms with van der Waals surface area (Å²) in [6.45, 7) is -0.890. The summed E-state index contributed by atoms with van der Waals surface area (Å²) >= 11 is 0. The Kier molecular flexibility index (Phi) is 6.89. The molecular formula is C22H28N2O5. The summed E-state index contributed by atoms with van der Waals surface area (Å²) in [6.07, 6.45) is -0.799. The summed E-state index contributed by atoms with van der Waals surface area (Å²) in [5.41, 5.74) is 1.73. The van der Waals surface area contributed by atoms with E-state index in [0.29, 0.717) is 6.54 Å². The van der Waals surface area contributed by atoms with Gasteiger partial charge in [0.25, 0.3) is 0 Å². The molecule has 1 heterocycles. The first kappa shape index (κ1) is 21.3. The Morgan fingerprint density at radius 1 is 1.00 bits per heavy atom. The van der Waals surface area contributed by atoms with Gasteiger partial charge >= 0.3 is 0 Å². The lowest BCUT2D eigenvalue weighted by molar-refractivity contribution is 0.0308. The molecule has 3 aromatic rings. The fourth-order valence-corrected chi connectivity index (χ4v) is 3.34. The van der Waals surface area contributed by atoms with Crippen LogP contribution in [-0.2, 0) is 6.54 Å². The number of fused-ring (bicyclic) bond motifs is 1. The van der Waals surface area contributed by atoms with Crippen LogP contribution in [0.2, 0.25) is 0 Å². The maximum atomic E-state index is 10.6. The van der Waals surface area contributed by atoms with Gasteiger partial charge in [0.2, 0.25) is 0 Å².